The number of alkyl halides is 2. The number of amides is 1. The van der Waals surface area contributed by atoms with Crippen LogP contribution in [0.4, 0.5) is 18.9 Å². The van der Waals surface area contributed by atoms with Crippen LogP contribution in [0.3, 0.4) is 0 Å². The highest BCUT2D eigenvalue weighted by atomic mass is 19.3. The number of ether oxygens (including phenoxy) is 2. The van der Waals surface area contributed by atoms with E-state index in [4.69, 9.17) is 4.74 Å². The second kappa shape index (κ2) is 9.06. The minimum atomic E-state index is -3.11. The lowest BCUT2D eigenvalue weighted by molar-refractivity contribution is -0.0516. The van der Waals surface area contributed by atoms with E-state index in [-0.39, 0.29) is 41.5 Å². The fourth-order valence-electron chi connectivity index (χ4n) is 3.36. The van der Waals surface area contributed by atoms with Gasteiger partial charge in [-0.3, -0.25) is 9.59 Å². The molecule has 0 atom stereocenters. The second-order valence-electron chi connectivity index (χ2n) is 6.72. The summed E-state index contributed by atoms with van der Waals surface area (Å²) >= 11 is 0. The number of carbonyl (C=O) groups is 2. The molecule has 2 aromatic carbocycles. The monoisotopic (exact) mass is 422 g/mol. The molecular formula is C21H21F3N2O4. The molecule has 0 radical (unpaired) electrons. The fourth-order valence-corrected chi connectivity index (χ4v) is 3.36. The summed E-state index contributed by atoms with van der Waals surface area (Å²) in [6.07, 6.45) is 0. The van der Waals surface area contributed by atoms with E-state index >= 15 is 0 Å². The van der Waals surface area contributed by atoms with Gasteiger partial charge in [0.15, 0.2) is 17.3 Å². The summed E-state index contributed by atoms with van der Waals surface area (Å²) in [7, 11) is 1.30. The minimum absolute atomic E-state index is 0.0277. The number of carbonyl (C=O) groups excluding carboxylic acids is 2. The Hall–Kier alpha value is -3.23. The predicted molar refractivity (Wildman–Crippen MR) is 104 cm³/mol. The molecule has 0 aliphatic carbocycles. The molecule has 0 aromatic heterocycles. The Kier molecular flexibility index (Phi) is 6.49. The molecule has 2 aromatic rings. The first-order valence-corrected chi connectivity index (χ1v) is 9.28. The number of Topliss-reactive ketones (excluding diaryl/α,β-unsaturated/α-hetero) is 1. The van der Waals surface area contributed by atoms with Crippen molar-refractivity contribution in [1.29, 1.82) is 0 Å². The van der Waals surface area contributed by atoms with Crippen molar-refractivity contribution < 1.29 is 32.2 Å². The number of methoxy groups -OCH3 is 1. The van der Waals surface area contributed by atoms with Crippen molar-refractivity contribution in [2.45, 2.75) is 13.5 Å². The van der Waals surface area contributed by atoms with Gasteiger partial charge in [0.1, 0.15) is 5.82 Å². The van der Waals surface area contributed by atoms with Gasteiger partial charge in [0.2, 0.25) is 0 Å². The van der Waals surface area contributed by atoms with Gasteiger partial charge >= 0.3 is 6.61 Å². The second-order valence-corrected chi connectivity index (χ2v) is 6.72. The van der Waals surface area contributed by atoms with Crippen LogP contribution in [0.25, 0.3) is 0 Å². The van der Waals surface area contributed by atoms with E-state index in [9.17, 15) is 22.8 Å². The largest absolute Gasteiger partial charge is 0.493 e. The third-order valence-corrected chi connectivity index (χ3v) is 4.90. The van der Waals surface area contributed by atoms with Crippen molar-refractivity contribution in [2.24, 2.45) is 0 Å². The van der Waals surface area contributed by atoms with E-state index in [1.54, 1.807) is 17.0 Å². The summed E-state index contributed by atoms with van der Waals surface area (Å²) < 4.78 is 49.6. The molecule has 3 rings (SSSR count). The van der Waals surface area contributed by atoms with Crippen LogP contribution >= 0.6 is 0 Å². The maximum absolute atomic E-state index is 14.4. The van der Waals surface area contributed by atoms with E-state index in [2.05, 4.69) is 4.74 Å². The van der Waals surface area contributed by atoms with Crippen LogP contribution in [0.2, 0.25) is 0 Å². The van der Waals surface area contributed by atoms with Crippen LogP contribution in [0.15, 0.2) is 36.4 Å². The topological polar surface area (TPSA) is 59.1 Å². The molecule has 0 unspecified atom stereocenters. The maximum Gasteiger partial charge on any atom is 0.387 e. The van der Waals surface area contributed by atoms with Crippen LogP contribution in [0, 0.1) is 5.82 Å². The van der Waals surface area contributed by atoms with Crippen LogP contribution in [-0.2, 0) is 0 Å². The summed E-state index contributed by atoms with van der Waals surface area (Å²) in [5.41, 5.74) is 0.602. The average molecular weight is 422 g/mol. The van der Waals surface area contributed by atoms with Gasteiger partial charge in [-0.1, -0.05) is 6.07 Å². The van der Waals surface area contributed by atoms with Gasteiger partial charge in [-0.15, -0.1) is 0 Å². The molecule has 30 heavy (non-hydrogen) atoms. The number of para-hydroxylation sites is 1. The SMILES string of the molecule is COc1cccc(C(=O)N2CCN(c3ccc(C(C)=O)cc3F)CC2)c1OC(F)F. The molecule has 0 saturated carbocycles. The first kappa shape index (κ1) is 21.5. The number of piperazine rings is 1. The van der Waals surface area contributed by atoms with Gasteiger partial charge < -0.3 is 19.3 Å². The number of anilines is 1. The van der Waals surface area contributed by atoms with E-state index in [1.807, 2.05) is 0 Å². The van der Waals surface area contributed by atoms with Crippen molar-refractivity contribution in [2.75, 3.05) is 38.2 Å². The number of rotatable bonds is 6. The lowest BCUT2D eigenvalue weighted by Gasteiger charge is -2.36. The highest BCUT2D eigenvalue weighted by Gasteiger charge is 2.28. The van der Waals surface area contributed by atoms with Gasteiger partial charge in [0.05, 0.1) is 18.4 Å². The number of halogens is 3. The van der Waals surface area contributed by atoms with Crippen molar-refractivity contribution >= 4 is 17.4 Å². The summed E-state index contributed by atoms with van der Waals surface area (Å²) in [6, 6.07) is 8.64. The fraction of sp³-hybridized carbons (Fsp3) is 0.333. The van der Waals surface area contributed by atoms with E-state index in [1.165, 1.54) is 43.2 Å². The third kappa shape index (κ3) is 4.50. The molecule has 6 nitrogen and oxygen atoms in total. The van der Waals surface area contributed by atoms with Crippen LogP contribution in [-0.4, -0.2) is 56.5 Å². The molecule has 1 amide bonds. The van der Waals surface area contributed by atoms with Gasteiger partial charge in [-0.2, -0.15) is 8.78 Å². The first-order chi connectivity index (χ1) is 14.3. The van der Waals surface area contributed by atoms with Crippen LogP contribution in [0.5, 0.6) is 11.5 Å². The van der Waals surface area contributed by atoms with E-state index < -0.39 is 18.3 Å². The molecule has 1 heterocycles. The standard InChI is InChI=1S/C21H21F3N2O4/c1-13(27)14-6-7-17(16(22)12-14)25-8-10-26(11-9-25)20(28)15-4-3-5-18(29-2)19(15)30-21(23)24/h3-7,12,21H,8-11H2,1-2H3. The average Bonchev–Trinajstić information content (AvgIpc) is 2.73. The van der Waals surface area contributed by atoms with Crippen LogP contribution in [0.1, 0.15) is 27.6 Å². The Labute approximate surface area is 171 Å². The smallest absolute Gasteiger partial charge is 0.387 e. The van der Waals surface area contributed by atoms with Crippen molar-refractivity contribution in [1.82, 2.24) is 4.90 Å². The molecule has 1 fully saturated rings. The Balaban J connectivity index is 1.74. The van der Waals surface area contributed by atoms with E-state index in [0.717, 1.165) is 0 Å². The van der Waals surface area contributed by atoms with Gasteiger partial charge in [0, 0.05) is 31.7 Å². The summed E-state index contributed by atoms with van der Waals surface area (Å²) in [5.74, 6) is -1.49. The zero-order valence-corrected chi connectivity index (χ0v) is 16.5. The Morgan fingerprint density at radius 3 is 2.33 bits per heavy atom. The molecule has 9 heteroatoms. The molecule has 1 aliphatic rings. The lowest BCUT2D eigenvalue weighted by atomic mass is 10.1. The van der Waals surface area contributed by atoms with E-state index in [0.29, 0.717) is 18.8 Å². The van der Waals surface area contributed by atoms with Gasteiger partial charge in [-0.25, -0.2) is 4.39 Å². The molecule has 1 aliphatic heterocycles. The minimum Gasteiger partial charge on any atom is -0.493 e. The number of benzene rings is 2. The Bertz CT molecular complexity index is 944. The molecule has 1 saturated heterocycles. The number of ketones is 1. The number of nitrogens with zero attached hydrogens (tertiary/aromatic N) is 2. The number of hydrogen-bond donors (Lipinski definition) is 0. The van der Waals surface area contributed by atoms with Crippen molar-refractivity contribution in [3.05, 3.63) is 53.3 Å². The van der Waals surface area contributed by atoms with Crippen LogP contribution < -0.4 is 14.4 Å². The quantitative estimate of drug-likeness (QED) is 0.666. The molecule has 0 N–H and O–H groups in total. The first-order valence-electron chi connectivity index (χ1n) is 9.28. The normalized spacial score (nSPS) is 14.1. The maximum atomic E-state index is 14.4. The molecule has 0 spiro atoms. The van der Waals surface area contributed by atoms with Crippen molar-refractivity contribution in [3.8, 4) is 11.5 Å². The summed E-state index contributed by atoms with van der Waals surface area (Å²) in [6.45, 7) is -0.529. The summed E-state index contributed by atoms with van der Waals surface area (Å²) in [4.78, 5) is 27.6. The highest BCUT2D eigenvalue weighted by Crippen LogP contribution is 2.33. The van der Waals surface area contributed by atoms with Gasteiger partial charge in [-0.05, 0) is 37.3 Å². The zero-order chi connectivity index (χ0) is 21.8. The summed E-state index contributed by atoms with van der Waals surface area (Å²) in [5, 5.41) is 0. The predicted octanol–water partition coefficient (Wildman–Crippen LogP) is 3.60. The molecule has 0 bridgehead atoms. The highest BCUT2D eigenvalue weighted by molar-refractivity contribution is 5.98. The van der Waals surface area contributed by atoms with Crippen molar-refractivity contribution in [3.63, 3.8) is 0 Å². The number of hydrogen-bond acceptors (Lipinski definition) is 5. The molecular weight excluding hydrogens is 401 g/mol. The van der Waals surface area contributed by atoms with Gasteiger partial charge in [0.25, 0.3) is 5.91 Å². The zero-order valence-electron chi connectivity index (χ0n) is 16.5. The lowest BCUT2D eigenvalue weighted by Crippen LogP contribution is -2.49. The molecule has 160 valence electrons. The third-order valence-electron chi connectivity index (χ3n) is 4.90. The Morgan fingerprint density at radius 2 is 1.77 bits per heavy atom. The Morgan fingerprint density at radius 1 is 1.07 bits per heavy atom.